The van der Waals surface area contributed by atoms with Crippen LogP contribution in [0.25, 0.3) is 16.5 Å². The van der Waals surface area contributed by atoms with Crippen molar-refractivity contribution in [3.05, 3.63) is 66.0 Å². The molecule has 6 heteroatoms. The first-order valence-electron chi connectivity index (χ1n) is 12.6. The van der Waals surface area contributed by atoms with Crippen molar-refractivity contribution >= 4 is 26.6 Å². The molecule has 0 amide bonds. The molecule has 184 valence electrons. The summed E-state index contributed by atoms with van der Waals surface area (Å²) in [6.07, 6.45) is 10.2. The number of aromatic nitrogens is 1. The molecule has 1 heterocycles. The van der Waals surface area contributed by atoms with E-state index in [1.807, 2.05) is 0 Å². The van der Waals surface area contributed by atoms with Gasteiger partial charge in [-0.1, -0.05) is 63.9 Å². The molecule has 0 saturated heterocycles. The molecule has 4 rings (SSSR count). The van der Waals surface area contributed by atoms with Crippen LogP contribution in [0.2, 0.25) is 0 Å². The Bertz CT molecular complexity index is 1180. The first-order chi connectivity index (χ1) is 16.4. The highest BCUT2D eigenvalue weighted by Gasteiger charge is 2.31. The first kappa shape index (κ1) is 26.2. The topological polar surface area (TPSA) is 64.3 Å². The van der Waals surface area contributed by atoms with Crippen molar-refractivity contribution in [2.45, 2.75) is 65.7 Å². The monoisotopic (exact) mass is 482 g/mol. The molecule has 0 fully saturated rings. The van der Waals surface area contributed by atoms with Crippen molar-refractivity contribution in [3.8, 4) is 5.69 Å². The molecule has 3 aromatic rings. The highest BCUT2D eigenvalue weighted by atomic mass is 32.2. The molecular weight excluding hydrogens is 444 g/mol. The number of benzene rings is 2. The maximum atomic E-state index is 9.68. The van der Waals surface area contributed by atoms with Crippen LogP contribution in [0.5, 0.6) is 0 Å². The van der Waals surface area contributed by atoms with Crippen LogP contribution in [0.1, 0.15) is 64.1 Å². The average molecular weight is 483 g/mol. The molecule has 0 aliphatic heterocycles. The van der Waals surface area contributed by atoms with Gasteiger partial charge in [0, 0.05) is 43.0 Å². The lowest BCUT2D eigenvalue weighted by atomic mass is 9.90. The van der Waals surface area contributed by atoms with Crippen molar-refractivity contribution in [1.29, 1.82) is 0 Å². The standard InChI is InChI=1S/C25H31N2.C3H8O3S/c1-3-5-17-26(18-6-4-2)23-16-19-27(25-15-14-22(23)25)24-13-9-11-20-10-7-8-12-21(20)24;1-2-3-7(4,5)6/h7-13,16,19H,3-6,14-15,17-18H2,1-2H3;2-3H2,1H3,(H,4,5,6)/q+1;/p-1. The Morgan fingerprint density at radius 3 is 2.12 bits per heavy atom. The van der Waals surface area contributed by atoms with Gasteiger partial charge in [-0.2, -0.15) is 4.57 Å². The number of nitrogens with zero attached hydrogens (tertiary/aromatic N) is 2. The van der Waals surface area contributed by atoms with Crippen molar-refractivity contribution in [3.63, 3.8) is 0 Å². The summed E-state index contributed by atoms with van der Waals surface area (Å²) in [4.78, 5) is 2.64. The lowest BCUT2D eigenvalue weighted by Gasteiger charge is -2.30. The zero-order valence-corrected chi connectivity index (χ0v) is 21.6. The van der Waals surface area contributed by atoms with E-state index in [2.05, 4.69) is 78.0 Å². The fourth-order valence-corrected chi connectivity index (χ4v) is 4.98. The predicted molar refractivity (Wildman–Crippen MR) is 140 cm³/mol. The Morgan fingerprint density at radius 2 is 1.56 bits per heavy atom. The Kier molecular flexibility index (Phi) is 9.48. The number of unbranched alkanes of at least 4 members (excludes halogenated alkanes) is 2. The lowest BCUT2D eigenvalue weighted by molar-refractivity contribution is -0.605. The van der Waals surface area contributed by atoms with E-state index in [1.54, 1.807) is 12.5 Å². The van der Waals surface area contributed by atoms with Crippen LogP contribution in [0.4, 0.5) is 5.69 Å². The molecule has 0 spiro atoms. The Morgan fingerprint density at radius 1 is 0.882 bits per heavy atom. The summed E-state index contributed by atoms with van der Waals surface area (Å²) in [5, 5.41) is 2.65. The van der Waals surface area contributed by atoms with Crippen LogP contribution in [0.15, 0.2) is 54.7 Å². The summed E-state index contributed by atoms with van der Waals surface area (Å²) in [6, 6.07) is 17.7. The third-order valence-corrected chi connectivity index (χ3v) is 7.23. The van der Waals surface area contributed by atoms with E-state index >= 15 is 0 Å². The van der Waals surface area contributed by atoms with E-state index in [0.29, 0.717) is 6.42 Å². The van der Waals surface area contributed by atoms with Gasteiger partial charge < -0.3 is 9.45 Å². The molecule has 0 radical (unpaired) electrons. The zero-order valence-electron chi connectivity index (χ0n) is 20.8. The van der Waals surface area contributed by atoms with Crippen LogP contribution in [-0.4, -0.2) is 31.8 Å². The number of rotatable bonds is 10. The molecule has 0 atom stereocenters. The van der Waals surface area contributed by atoms with E-state index in [9.17, 15) is 13.0 Å². The average Bonchev–Trinajstić information content (AvgIpc) is 2.79. The maximum absolute atomic E-state index is 9.68. The van der Waals surface area contributed by atoms with E-state index in [0.717, 1.165) is 0 Å². The van der Waals surface area contributed by atoms with Crippen LogP contribution >= 0.6 is 0 Å². The molecule has 5 nitrogen and oxygen atoms in total. The minimum atomic E-state index is -3.92. The van der Waals surface area contributed by atoms with Gasteiger partial charge in [0.25, 0.3) is 0 Å². The molecule has 1 aromatic heterocycles. The predicted octanol–water partition coefficient (Wildman–Crippen LogP) is 5.56. The van der Waals surface area contributed by atoms with Crippen molar-refractivity contribution in [2.75, 3.05) is 23.7 Å². The van der Waals surface area contributed by atoms with E-state index in [-0.39, 0.29) is 5.75 Å². The zero-order chi connectivity index (χ0) is 24.6. The summed E-state index contributed by atoms with van der Waals surface area (Å²) in [6.45, 7) is 8.59. The molecule has 0 N–H and O–H groups in total. The number of hydrogen-bond donors (Lipinski definition) is 0. The second-order valence-corrected chi connectivity index (χ2v) is 10.5. The molecular formula is C28H38N2O3S. The van der Waals surface area contributed by atoms with Gasteiger partial charge >= 0.3 is 0 Å². The fraction of sp³-hybridized carbons (Fsp3) is 0.464. The lowest BCUT2D eigenvalue weighted by Crippen LogP contribution is -2.42. The van der Waals surface area contributed by atoms with Gasteiger partial charge in [-0.15, -0.1) is 0 Å². The largest absolute Gasteiger partial charge is 0.748 e. The number of hydrogen-bond acceptors (Lipinski definition) is 4. The van der Waals surface area contributed by atoms with E-state index in [1.165, 1.54) is 79.5 Å². The van der Waals surface area contributed by atoms with Gasteiger partial charge in [0.2, 0.25) is 5.69 Å². The quantitative estimate of drug-likeness (QED) is 0.280. The smallest absolute Gasteiger partial charge is 0.218 e. The SMILES string of the molecule is CCCCN(CCCC)c1cc[n+](-c2cccc3ccccc23)c2c1CC2.CCCS(=O)(=O)[O-]. The summed E-state index contributed by atoms with van der Waals surface area (Å²) in [5.41, 5.74) is 5.86. The van der Waals surface area contributed by atoms with Crippen LogP contribution in [0.3, 0.4) is 0 Å². The minimum absolute atomic E-state index is 0.243. The van der Waals surface area contributed by atoms with Crippen LogP contribution in [-0.2, 0) is 23.0 Å². The van der Waals surface area contributed by atoms with Gasteiger partial charge in [0.05, 0.1) is 21.2 Å². The van der Waals surface area contributed by atoms with Gasteiger partial charge in [-0.3, -0.25) is 0 Å². The normalized spacial score (nSPS) is 12.5. The second-order valence-electron chi connectivity index (χ2n) is 8.95. The van der Waals surface area contributed by atoms with Crippen molar-refractivity contribution in [1.82, 2.24) is 0 Å². The number of fused-ring (bicyclic) bond motifs is 2. The molecule has 0 saturated carbocycles. The Labute approximate surface area is 205 Å². The van der Waals surface area contributed by atoms with E-state index < -0.39 is 10.1 Å². The van der Waals surface area contributed by atoms with E-state index in [4.69, 9.17) is 0 Å². The third-order valence-electron chi connectivity index (χ3n) is 6.33. The second kappa shape index (κ2) is 12.3. The van der Waals surface area contributed by atoms with Gasteiger partial charge in [0.15, 0.2) is 11.9 Å². The molecule has 0 unspecified atom stereocenters. The molecule has 2 aromatic carbocycles. The van der Waals surface area contributed by atoms with Crippen LogP contribution in [0, 0.1) is 0 Å². The Balaban J connectivity index is 0.000000406. The number of anilines is 1. The summed E-state index contributed by atoms with van der Waals surface area (Å²) < 4.78 is 31.5. The van der Waals surface area contributed by atoms with Crippen molar-refractivity contribution < 1.29 is 17.5 Å². The maximum Gasteiger partial charge on any atom is 0.218 e. The molecule has 34 heavy (non-hydrogen) atoms. The third kappa shape index (κ3) is 6.57. The highest BCUT2D eigenvalue weighted by molar-refractivity contribution is 7.85. The minimum Gasteiger partial charge on any atom is -0.748 e. The summed E-state index contributed by atoms with van der Waals surface area (Å²) in [7, 11) is -3.92. The summed E-state index contributed by atoms with van der Waals surface area (Å²) in [5.74, 6) is -0.243. The Hall–Kier alpha value is -2.44. The fourth-order valence-electron chi connectivity index (χ4n) is 4.48. The van der Waals surface area contributed by atoms with Crippen LogP contribution < -0.4 is 9.47 Å². The van der Waals surface area contributed by atoms with Crippen molar-refractivity contribution in [2.24, 2.45) is 0 Å². The van der Waals surface area contributed by atoms with Gasteiger partial charge in [-0.05, 0) is 37.1 Å². The summed E-state index contributed by atoms with van der Waals surface area (Å²) >= 11 is 0. The first-order valence-corrected chi connectivity index (χ1v) is 14.2. The molecule has 1 aliphatic rings. The molecule has 1 aliphatic carbocycles. The highest BCUT2D eigenvalue weighted by Crippen LogP contribution is 2.32. The molecule has 0 bridgehead atoms. The van der Waals surface area contributed by atoms with Gasteiger partial charge in [0.1, 0.15) is 0 Å². The number of pyridine rings is 1. The van der Waals surface area contributed by atoms with Gasteiger partial charge in [-0.25, -0.2) is 8.42 Å².